The number of hydrogen-bond acceptors (Lipinski definition) is 6. The fraction of sp³-hybridized carbons (Fsp3) is 0.290. The van der Waals surface area contributed by atoms with Gasteiger partial charge in [-0.1, -0.05) is 25.1 Å². The maximum Gasteiger partial charge on any atom is 0.300 e. The third-order valence-electron chi connectivity index (χ3n) is 6.68. The van der Waals surface area contributed by atoms with Crippen molar-refractivity contribution < 1.29 is 28.9 Å². The van der Waals surface area contributed by atoms with Gasteiger partial charge in [0.2, 0.25) is 0 Å². The number of nitrogens with zero attached hydrogens (tertiary/aromatic N) is 1. The summed E-state index contributed by atoms with van der Waals surface area (Å²) in [5.41, 5.74) is 3.49. The van der Waals surface area contributed by atoms with Crippen LogP contribution >= 0.6 is 0 Å². The van der Waals surface area contributed by atoms with Crippen molar-refractivity contribution in [2.45, 2.75) is 40.2 Å². The van der Waals surface area contributed by atoms with Gasteiger partial charge in [0.05, 0.1) is 31.9 Å². The number of aliphatic hydroxyl groups is 1. The minimum absolute atomic E-state index is 0.00532. The Kier molecular flexibility index (Phi) is 8.05. The Balaban J connectivity index is 1.92. The van der Waals surface area contributed by atoms with Crippen molar-refractivity contribution in [3.63, 3.8) is 0 Å². The van der Waals surface area contributed by atoms with Gasteiger partial charge < -0.3 is 19.3 Å². The Labute approximate surface area is 223 Å². The number of ether oxygens (including phenoxy) is 3. The van der Waals surface area contributed by atoms with E-state index in [1.54, 1.807) is 49.6 Å². The van der Waals surface area contributed by atoms with Crippen LogP contribution in [0, 0.1) is 13.8 Å². The lowest BCUT2D eigenvalue weighted by Gasteiger charge is -2.28. The van der Waals surface area contributed by atoms with Crippen LogP contribution < -0.4 is 19.1 Å². The Morgan fingerprint density at radius 3 is 2.34 bits per heavy atom. The lowest BCUT2D eigenvalue weighted by atomic mass is 9.94. The maximum absolute atomic E-state index is 13.6. The molecule has 1 atom stereocenters. The first-order valence-electron chi connectivity index (χ1n) is 12.7. The third kappa shape index (κ3) is 4.96. The van der Waals surface area contributed by atoms with E-state index in [9.17, 15) is 14.7 Å². The van der Waals surface area contributed by atoms with Crippen LogP contribution in [0.5, 0.6) is 17.2 Å². The lowest BCUT2D eigenvalue weighted by molar-refractivity contribution is -0.132. The van der Waals surface area contributed by atoms with Gasteiger partial charge >= 0.3 is 0 Å². The average Bonchev–Trinajstić information content (AvgIpc) is 3.19. The molecule has 1 fully saturated rings. The molecule has 3 aromatic rings. The minimum Gasteiger partial charge on any atom is -0.507 e. The van der Waals surface area contributed by atoms with Gasteiger partial charge in [-0.3, -0.25) is 14.5 Å². The molecule has 1 N–H and O–H groups in total. The molecule has 3 aromatic carbocycles. The number of Topliss-reactive ketones (excluding diaryl/α,β-unsaturated/α-hetero) is 1. The van der Waals surface area contributed by atoms with Crippen molar-refractivity contribution >= 4 is 23.1 Å². The van der Waals surface area contributed by atoms with Crippen LogP contribution in [0.3, 0.4) is 0 Å². The van der Waals surface area contributed by atoms with E-state index in [-0.39, 0.29) is 11.3 Å². The number of ketones is 1. The molecule has 1 saturated heterocycles. The van der Waals surface area contributed by atoms with Crippen LogP contribution in [0.1, 0.15) is 48.6 Å². The first kappa shape index (κ1) is 26.8. The van der Waals surface area contributed by atoms with Crippen LogP contribution in [0.4, 0.5) is 5.69 Å². The second-order valence-electron chi connectivity index (χ2n) is 9.10. The third-order valence-corrected chi connectivity index (χ3v) is 6.68. The molecule has 0 aromatic heterocycles. The van der Waals surface area contributed by atoms with Crippen molar-refractivity contribution in [3.05, 3.63) is 88.5 Å². The highest BCUT2D eigenvalue weighted by Crippen LogP contribution is 2.45. The van der Waals surface area contributed by atoms with Gasteiger partial charge in [-0.25, -0.2) is 0 Å². The van der Waals surface area contributed by atoms with Crippen LogP contribution in [0.25, 0.3) is 5.76 Å². The number of methoxy groups -OCH3 is 1. The van der Waals surface area contributed by atoms with Gasteiger partial charge in [0.15, 0.2) is 11.5 Å². The van der Waals surface area contributed by atoms with Gasteiger partial charge in [0.1, 0.15) is 11.5 Å². The zero-order valence-electron chi connectivity index (χ0n) is 22.4. The van der Waals surface area contributed by atoms with Gasteiger partial charge in [0.25, 0.3) is 11.7 Å². The topological polar surface area (TPSA) is 85.3 Å². The lowest BCUT2D eigenvalue weighted by Crippen LogP contribution is -2.30. The van der Waals surface area contributed by atoms with Crippen molar-refractivity contribution in [2.75, 3.05) is 25.2 Å². The summed E-state index contributed by atoms with van der Waals surface area (Å²) in [6, 6.07) is 16.9. The Morgan fingerprint density at radius 1 is 0.947 bits per heavy atom. The molecule has 1 aliphatic heterocycles. The monoisotopic (exact) mass is 515 g/mol. The highest BCUT2D eigenvalue weighted by Gasteiger charge is 2.47. The van der Waals surface area contributed by atoms with E-state index < -0.39 is 17.7 Å². The molecule has 0 bridgehead atoms. The van der Waals surface area contributed by atoms with Crippen LogP contribution in [0.2, 0.25) is 0 Å². The molecular weight excluding hydrogens is 482 g/mol. The molecule has 7 heteroatoms. The van der Waals surface area contributed by atoms with E-state index in [4.69, 9.17) is 14.2 Å². The quantitative estimate of drug-likeness (QED) is 0.210. The fourth-order valence-electron chi connectivity index (χ4n) is 4.61. The summed E-state index contributed by atoms with van der Waals surface area (Å²) in [5.74, 6) is -0.0434. The second kappa shape index (κ2) is 11.4. The molecule has 1 amide bonds. The molecular formula is C31H33NO6. The predicted octanol–water partition coefficient (Wildman–Crippen LogP) is 6.13. The van der Waals surface area contributed by atoms with Crippen molar-refractivity contribution in [3.8, 4) is 17.2 Å². The molecule has 198 valence electrons. The summed E-state index contributed by atoms with van der Waals surface area (Å²) in [4.78, 5) is 28.6. The Morgan fingerprint density at radius 2 is 1.68 bits per heavy atom. The number of aliphatic hydroxyl groups excluding tert-OH is 1. The number of benzene rings is 3. The Bertz CT molecular complexity index is 1380. The maximum atomic E-state index is 13.6. The van der Waals surface area contributed by atoms with Crippen LogP contribution in [-0.2, 0) is 9.59 Å². The van der Waals surface area contributed by atoms with E-state index in [1.165, 1.54) is 4.90 Å². The smallest absolute Gasteiger partial charge is 0.300 e. The first-order valence-corrected chi connectivity index (χ1v) is 12.7. The van der Waals surface area contributed by atoms with Gasteiger partial charge in [-0.05, 0) is 86.3 Å². The largest absolute Gasteiger partial charge is 0.507 e. The molecule has 1 heterocycles. The number of carbonyl (C=O) groups is 2. The molecule has 0 aliphatic carbocycles. The standard InChI is InChI=1S/C31H33NO6/c1-6-17-38-23-14-11-21(12-15-23)29(33)27-28(22-13-16-25(36-5)26(18-22)37-7-2)32(31(35)30(27)34)24-10-8-9-19(3)20(24)4/h8-16,18,28,33H,6-7,17H2,1-5H3/b29-27+. The number of hydrogen-bond donors (Lipinski definition) is 1. The van der Waals surface area contributed by atoms with Gasteiger partial charge in [-0.2, -0.15) is 0 Å². The molecule has 1 aliphatic rings. The predicted molar refractivity (Wildman–Crippen MR) is 147 cm³/mol. The Hall–Kier alpha value is -4.26. The van der Waals surface area contributed by atoms with Crippen molar-refractivity contribution in [1.82, 2.24) is 0 Å². The molecule has 0 spiro atoms. The molecule has 0 saturated carbocycles. The molecule has 1 unspecified atom stereocenters. The summed E-state index contributed by atoms with van der Waals surface area (Å²) in [6.07, 6.45) is 0.870. The first-order chi connectivity index (χ1) is 18.3. The summed E-state index contributed by atoms with van der Waals surface area (Å²) in [7, 11) is 1.55. The van der Waals surface area contributed by atoms with Gasteiger partial charge in [-0.15, -0.1) is 0 Å². The van der Waals surface area contributed by atoms with Gasteiger partial charge in [0, 0.05) is 11.3 Å². The van der Waals surface area contributed by atoms with E-state index >= 15 is 0 Å². The van der Waals surface area contributed by atoms with E-state index in [0.717, 1.165) is 17.5 Å². The summed E-state index contributed by atoms with van der Waals surface area (Å²) < 4.78 is 16.9. The highest BCUT2D eigenvalue weighted by atomic mass is 16.5. The normalized spacial score (nSPS) is 16.6. The van der Waals surface area contributed by atoms with Crippen LogP contribution in [-0.4, -0.2) is 37.1 Å². The molecule has 7 nitrogen and oxygen atoms in total. The number of amides is 1. The van der Waals surface area contributed by atoms with E-state index in [1.807, 2.05) is 45.9 Å². The zero-order valence-corrected chi connectivity index (χ0v) is 22.4. The molecule has 0 radical (unpaired) electrons. The number of anilines is 1. The SMILES string of the molecule is CCCOc1ccc(/C(O)=C2\C(=O)C(=O)N(c3cccc(C)c3C)C2c2ccc(OC)c(OCC)c2)cc1. The number of aryl methyl sites for hydroxylation is 1. The number of rotatable bonds is 9. The second-order valence-corrected chi connectivity index (χ2v) is 9.10. The van der Waals surface area contributed by atoms with E-state index in [0.29, 0.717) is 47.3 Å². The molecule has 38 heavy (non-hydrogen) atoms. The van der Waals surface area contributed by atoms with E-state index in [2.05, 4.69) is 0 Å². The summed E-state index contributed by atoms with van der Waals surface area (Å²) in [6.45, 7) is 8.73. The average molecular weight is 516 g/mol. The number of carbonyl (C=O) groups excluding carboxylic acids is 2. The minimum atomic E-state index is -0.878. The molecule has 4 rings (SSSR count). The van der Waals surface area contributed by atoms with Crippen LogP contribution in [0.15, 0.2) is 66.2 Å². The zero-order chi connectivity index (χ0) is 27.4. The highest BCUT2D eigenvalue weighted by molar-refractivity contribution is 6.51. The summed E-state index contributed by atoms with van der Waals surface area (Å²) in [5, 5.41) is 11.5. The summed E-state index contributed by atoms with van der Waals surface area (Å²) >= 11 is 0. The fourth-order valence-corrected chi connectivity index (χ4v) is 4.61. The van der Waals surface area contributed by atoms with Crippen molar-refractivity contribution in [2.24, 2.45) is 0 Å². The van der Waals surface area contributed by atoms with Crippen molar-refractivity contribution in [1.29, 1.82) is 0 Å².